The molecule has 0 amide bonds. The van der Waals surface area contributed by atoms with E-state index in [1.807, 2.05) is 17.6 Å². The van der Waals surface area contributed by atoms with Crippen LogP contribution in [0.2, 0.25) is 0 Å². The van der Waals surface area contributed by atoms with Crippen LogP contribution in [0.1, 0.15) is 18.4 Å². The molecule has 2 heterocycles. The van der Waals surface area contributed by atoms with Gasteiger partial charge in [-0.15, -0.1) is 11.6 Å². The average molecular weight is 265 g/mol. The van der Waals surface area contributed by atoms with E-state index in [1.54, 1.807) is 19.4 Å². The molecule has 0 radical (unpaired) electrons. The van der Waals surface area contributed by atoms with E-state index < -0.39 is 0 Å². The smallest absolute Gasteiger partial charge is 0.142 e. The van der Waals surface area contributed by atoms with Crippen molar-refractivity contribution in [3.63, 3.8) is 0 Å². The Kier molecular flexibility index (Phi) is 3.80. The highest BCUT2D eigenvalue weighted by atomic mass is 35.5. The molecule has 0 fully saturated rings. The molecule has 18 heavy (non-hydrogen) atoms. The number of alkyl halides is 1. The second kappa shape index (κ2) is 5.34. The number of hydrogen-bond donors (Lipinski definition) is 0. The first-order valence-electron chi connectivity index (χ1n) is 5.53. The Hall–Kier alpha value is -1.64. The summed E-state index contributed by atoms with van der Waals surface area (Å²) in [4.78, 5) is 8.47. The number of nitriles is 1. The summed E-state index contributed by atoms with van der Waals surface area (Å²) in [7, 11) is 1.66. The number of methoxy groups -OCH3 is 1. The van der Waals surface area contributed by atoms with E-state index >= 15 is 0 Å². The lowest BCUT2D eigenvalue weighted by Crippen LogP contribution is -2.16. The van der Waals surface area contributed by atoms with Crippen LogP contribution in [-0.2, 0) is 17.2 Å². The van der Waals surface area contributed by atoms with Crippen LogP contribution in [0.4, 0.5) is 0 Å². The van der Waals surface area contributed by atoms with Crippen molar-refractivity contribution in [1.82, 2.24) is 14.5 Å². The van der Waals surface area contributed by atoms with Gasteiger partial charge >= 0.3 is 0 Å². The van der Waals surface area contributed by atoms with Crippen LogP contribution < -0.4 is 0 Å². The highest BCUT2D eigenvalue weighted by molar-refractivity contribution is 6.16. The highest BCUT2D eigenvalue weighted by Crippen LogP contribution is 2.18. The van der Waals surface area contributed by atoms with Gasteiger partial charge in [0.25, 0.3) is 0 Å². The number of hydrogen-bond acceptors (Lipinski definition) is 4. The van der Waals surface area contributed by atoms with Crippen molar-refractivity contribution in [1.29, 1.82) is 5.26 Å². The van der Waals surface area contributed by atoms with Gasteiger partial charge in [-0.05, 0) is 6.92 Å². The summed E-state index contributed by atoms with van der Waals surface area (Å²) >= 11 is 5.89. The monoisotopic (exact) mass is 264 g/mol. The number of ether oxygens (including phenoxy) is 1. The normalized spacial score (nSPS) is 12.6. The molecule has 2 aromatic rings. The van der Waals surface area contributed by atoms with E-state index in [0.717, 1.165) is 16.9 Å². The summed E-state index contributed by atoms with van der Waals surface area (Å²) in [6, 6.07) is 3.67. The van der Waals surface area contributed by atoms with E-state index in [4.69, 9.17) is 21.6 Å². The Morgan fingerprint density at radius 2 is 2.39 bits per heavy atom. The molecule has 2 aromatic heterocycles. The molecule has 0 aliphatic rings. The van der Waals surface area contributed by atoms with Crippen molar-refractivity contribution in [2.75, 3.05) is 7.11 Å². The van der Waals surface area contributed by atoms with Gasteiger partial charge in [-0.3, -0.25) is 0 Å². The zero-order valence-electron chi connectivity index (χ0n) is 10.2. The number of imidazole rings is 1. The van der Waals surface area contributed by atoms with E-state index in [1.165, 1.54) is 0 Å². The average Bonchev–Trinajstić information content (AvgIpc) is 2.75. The van der Waals surface area contributed by atoms with Gasteiger partial charge in [0, 0.05) is 13.2 Å². The lowest BCUT2D eigenvalue weighted by molar-refractivity contribution is 0.103. The summed E-state index contributed by atoms with van der Waals surface area (Å²) in [5.74, 6) is 1.07. The Morgan fingerprint density at radius 3 is 3.00 bits per heavy atom. The fraction of sp³-hybridized carbons (Fsp3) is 0.417. The van der Waals surface area contributed by atoms with Crippen LogP contribution in [0.5, 0.6) is 0 Å². The van der Waals surface area contributed by atoms with Crippen molar-refractivity contribution >= 4 is 22.6 Å². The molecule has 0 spiro atoms. The van der Waals surface area contributed by atoms with Crippen LogP contribution in [-0.4, -0.2) is 27.7 Å². The SMILES string of the molecule is CO[C@H](C)Cn1c(CCl)nc2cc(C#N)ncc21. The minimum absolute atomic E-state index is 0.0556. The number of nitrogens with zero attached hydrogens (tertiary/aromatic N) is 4. The predicted molar refractivity (Wildman–Crippen MR) is 68.3 cm³/mol. The predicted octanol–water partition coefficient (Wildman–Crippen LogP) is 2.08. The summed E-state index contributed by atoms with van der Waals surface area (Å²) in [6.07, 6.45) is 1.71. The van der Waals surface area contributed by atoms with E-state index in [0.29, 0.717) is 18.1 Å². The fourth-order valence-electron chi connectivity index (χ4n) is 1.77. The number of pyridine rings is 1. The third kappa shape index (κ3) is 2.30. The minimum atomic E-state index is 0.0556. The Bertz CT molecular complexity index is 602. The van der Waals surface area contributed by atoms with E-state index in [9.17, 15) is 0 Å². The van der Waals surface area contributed by atoms with Crippen molar-refractivity contribution in [2.45, 2.75) is 25.5 Å². The topological polar surface area (TPSA) is 63.7 Å². The molecule has 5 nitrogen and oxygen atoms in total. The largest absolute Gasteiger partial charge is 0.380 e. The molecule has 6 heteroatoms. The third-order valence-electron chi connectivity index (χ3n) is 2.79. The van der Waals surface area contributed by atoms with Crippen molar-refractivity contribution in [2.24, 2.45) is 0 Å². The lowest BCUT2D eigenvalue weighted by atomic mass is 10.3. The highest BCUT2D eigenvalue weighted by Gasteiger charge is 2.13. The van der Waals surface area contributed by atoms with Crippen LogP contribution in [0.25, 0.3) is 11.0 Å². The molecule has 0 aromatic carbocycles. The van der Waals surface area contributed by atoms with Gasteiger partial charge in [-0.1, -0.05) is 0 Å². The lowest BCUT2D eigenvalue weighted by Gasteiger charge is -2.12. The Labute approximate surface area is 110 Å². The molecule has 1 atom stereocenters. The summed E-state index contributed by atoms with van der Waals surface area (Å²) in [5, 5.41) is 8.82. The number of halogens is 1. The molecule has 0 aliphatic heterocycles. The maximum absolute atomic E-state index is 8.82. The maximum atomic E-state index is 8.82. The van der Waals surface area contributed by atoms with E-state index in [-0.39, 0.29) is 6.10 Å². The van der Waals surface area contributed by atoms with Gasteiger partial charge in [0.15, 0.2) is 0 Å². The number of rotatable bonds is 4. The summed E-state index contributed by atoms with van der Waals surface area (Å²) in [6.45, 7) is 2.63. The van der Waals surface area contributed by atoms with Crippen LogP contribution in [0.15, 0.2) is 12.3 Å². The summed E-state index contributed by atoms with van der Waals surface area (Å²) < 4.78 is 7.23. The van der Waals surface area contributed by atoms with Crippen molar-refractivity contribution in [3.05, 3.63) is 23.8 Å². The van der Waals surface area contributed by atoms with Crippen LogP contribution >= 0.6 is 11.6 Å². The number of fused-ring (bicyclic) bond motifs is 1. The molecule has 94 valence electrons. The molecule has 0 aliphatic carbocycles. The Balaban J connectivity index is 2.53. The zero-order chi connectivity index (χ0) is 13.1. The van der Waals surface area contributed by atoms with Gasteiger partial charge in [-0.2, -0.15) is 5.26 Å². The van der Waals surface area contributed by atoms with Gasteiger partial charge in [0.1, 0.15) is 17.6 Å². The fourth-order valence-corrected chi connectivity index (χ4v) is 1.98. The third-order valence-corrected chi connectivity index (χ3v) is 3.03. The maximum Gasteiger partial charge on any atom is 0.142 e. The molecule has 0 saturated heterocycles. The first kappa shape index (κ1) is 12.8. The molecule has 0 unspecified atom stereocenters. The second-order valence-corrected chi connectivity index (χ2v) is 4.26. The van der Waals surface area contributed by atoms with Gasteiger partial charge in [0.05, 0.1) is 35.8 Å². The molecule has 0 N–H and O–H groups in total. The van der Waals surface area contributed by atoms with Gasteiger partial charge < -0.3 is 9.30 Å². The molecule has 2 rings (SSSR count). The Morgan fingerprint density at radius 1 is 1.61 bits per heavy atom. The number of aromatic nitrogens is 3. The van der Waals surface area contributed by atoms with Crippen molar-refractivity contribution < 1.29 is 4.74 Å². The zero-order valence-corrected chi connectivity index (χ0v) is 11.0. The molecule has 0 saturated carbocycles. The first-order chi connectivity index (χ1) is 8.69. The summed E-state index contributed by atoms with van der Waals surface area (Å²) in [5.41, 5.74) is 1.96. The van der Waals surface area contributed by atoms with Gasteiger partial charge in [0.2, 0.25) is 0 Å². The first-order valence-corrected chi connectivity index (χ1v) is 6.07. The molecular weight excluding hydrogens is 252 g/mol. The van der Waals surface area contributed by atoms with E-state index in [2.05, 4.69) is 9.97 Å². The standard InChI is InChI=1S/C12H13ClN4O/c1-8(18-2)7-17-11-6-15-9(5-14)3-10(11)16-12(17)4-13/h3,6,8H,4,7H2,1-2H3/t8-/m1/s1. The van der Waals surface area contributed by atoms with Crippen LogP contribution in [0.3, 0.4) is 0 Å². The van der Waals surface area contributed by atoms with Gasteiger partial charge in [-0.25, -0.2) is 9.97 Å². The van der Waals surface area contributed by atoms with Crippen molar-refractivity contribution in [3.8, 4) is 6.07 Å². The molecular formula is C12H13ClN4O. The minimum Gasteiger partial charge on any atom is -0.380 e. The quantitative estimate of drug-likeness (QED) is 0.793. The molecule has 0 bridgehead atoms. The van der Waals surface area contributed by atoms with Crippen LogP contribution in [0, 0.1) is 11.3 Å². The second-order valence-electron chi connectivity index (χ2n) is 3.99.